The van der Waals surface area contributed by atoms with Crippen molar-refractivity contribution in [2.45, 2.75) is 11.2 Å². The number of hydrogen-bond acceptors (Lipinski definition) is 4. The quantitative estimate of drug-likeness (QED) is 0.865. The second-order valence-electron chi connectivity index (χ2n) is 4.54. The van der Waals surface area contributed by atoms with E-state index >= 15 is 0 Å². The van der Waals surface area contributed by atoms with E-state index in [1.54, 1.807) is 0 Å². The van der Waals surface area contributed by atoms with Crippen LogP contribution in [0.25, 0.3) is 0 Å². The molecule has 1 heterocycles. The minimum Gasteiger partial charge on any atom is -0.395 e. The van der Waals surface area contributed by atoms with Crippen molar-refractivity contribution in [2.75, 3.05) is 4.72 Å². The summed E-state index contributed by atoms with van der Waals surface area (Å²) in [6, 6.07) is 4.92. The second-order valence-corrected chi connectivity index (χ2v) is 6.22. The van der Waals surface area contributed by atoms with Crippen LogP contribution in [0.3, 0.4) is 0 Å². The lowest BCUT2D eigenvalue weighted by Gasteiger charge is -2.09. The van der Waals surface area contributed by atoms with E-state index < -0.39 is 32.8 Å². The minimum atomic E-state index is -4.32. The molecule has 2 aromatic carbocycles. The molecule has 0 spiro atoms. The molecule has 0 amide bonds. The predicted octanol–water partition coefficient (Wildman–Crippen LogP) is 3.09. The first-order chi connectivity index (χ1) is 10.6. The lowest BCUT2D eigenvalue weighted by Crippen LogP contribution is -2.25. The molecular formula is C13H7F4NO4S. The lowest BCUT2D eigenvalue weighted by molar-refractivity contribution is -0.286. The topological polar surface area (TPSA) is 64.6 Å². The summed E-state index contributed by atoms with van der Waals surface area (Å²) >= 11 is 0. The average Bonchev–Trinajstić information content (AvgIpc) is 2.70. The molecule has 1 N–H and O–H groups in total. The van der Waals surface area contributed by atoms with E-state index in [0.717, 1.165) is 18.2 Å². The van der Waals surface area contributed by atoms with E-state index in [9.17, 15) is 26.0 Å². The van der Waals surface area contributed by atoms with Gasteiger partial charge in [-0.2, -0.15) is 0 Å². The molecular weight excluding hydrogens is 342 g/mol. The van der Waals surface area contributed by atoms with Crippen molar-refractivity contribution >= 4 is 15.7 Å². The molecule has 0 saturated carbocycles. The van der Waals surface area contributed by atoms with Gasteiger partial charge >= 0.3 is 6.29 Å². The van der Waals surface area contributed by atoms with Crippen LogP contribution in [0.5, 0.6) is 11.5 Å². The van der Waals surface area contributed by atoms with Crippen molar-refractivity contribution in [3.63, 3.8) is 0 Å². The molecule has 0 saturated heterocycles. The van der Waals surface area contributed by atoms with Crippen LogP contribution in [0.2, 0.25) is 0 Å². The summed E-state index contributed by atoms with van der Waals surface area (Å²) in [4.78, 5) is -0.655. The van der Waals surface area contributed by atoms with Crippen LogP contribution in [0.4, 0.5) is 23.2 Å². The molecule has 122 valence electrons. The molecule has 23 heavy (non-hydrogen) atoms. The third-order valence-electron chi connectivity index (χ3n) is 2.80. The summed E-state index contributed by atoms with van der Waals surface area (Å²) in [6.07, 6.45) is -3.84. The van der Waals surface area contributed by atoms with Crippen LogP contribution in [0.15, 0.2) is 41.3 Å². The molecule has 0 aliphatic carbocycles. The van der Waals surface area contributed by atoms with Crippen LogP contribution in [0, 0.1) is 11.6 Å². The monoisotopic (exact) mass is 349 g/mol. The summed E-state index contributed by atoms with van der Waals surface area (Å²) < 4.78 is 86.5. The Morgan fingerprint density at radius 3 is 2.17 bits per heavy atom. The van der Waals surface area contributed by atoms with Crippen molar-refractivity contribution in [2.24, 2.45) is 0 Å². The molecule has 5 nitrogen and oxygen atoms in total. The number of rotatable bonds is 3. The van der Waals surface area contributed by atoms with E-state index in [1.165, 1.54) is 0 Å². The summed E-state index contributed by atoms with van der Waals surface area (Å²) in [5, 5.41) is 0. The number of fused-ring (bicyclic) bond motifs is 1. The molecule has 0 bridgehead atoms. The van der Waals surface area contributed by atoms with Crippen LogP contribution in [-0.4, -0.2) is 14.7 Å². The van der Waals surface area contributed by atoms with Gasteiger partial charge in [0.15, 0.2) is 11.5 Å². The van der Waals surface area contributed by atoms with Crippen LogP contribution in [0.1, 0.15) is 0 Å². The number of hydrogen-bond donors (Lipinski definition) is 1. The Hall–Kier alpha value is -2.49. The molecule has 0 unspecified atom stereocenters. The molecule has 10 heteroatoms. The summed E-state index contributed by atoms with van der Waals surface area (Å²) in [6.45, 7) is 0. The second kappa shape index (κ2) is 5.01. The first kappa shape index (κ1) is 15.4. The van der Waals surface area contributed by atoms with Crippen LogP contribution >= 0.6 is 0 Å². The maximum absolute atomic E-state index is 13.1. The number of ether oxygens (including phenoxy) is 2. The van der Waals surface area contributed by atoms with Crippen LogP contribution in [-0.2, 0) is 10.0 Å². The van der Waals surface area contributed by atoms with Crippen molar-refractivity contribution in [3.8, 4) is 11.5 Å². The zero-order chi connectivity index (χ0) is 16.8. The van der Waals surface area contributed by atoms with Gasteiger partial charge in [-0.25, -0.2) is 17.2 Å². The van der Waals surface area contributed by atoms with Gasteiger partial charge in [-0.05, 0) is 24.3 Å². The standard InChI is InChI=1S/C13H7F4NO4S/c14-7-3-8(15)5-10(4-7)23(19,20)18-9-1-2-11-12(6-9)22-13(16,17)21-11/h1-6,18H. The Morgan fingerprint density at radius 1 is 0.913 bits per heavy atom. The molecule has 0 aromatic heterocycles. The number of anilines is 1. The SMILES string of the molecule is O=S(=O)(Nc1ccc2c(c1)OC(F)(F)O2)c1cc(F)cc(F)c1. The fourth-order valence-electron chi connectivity index (χ4n) is 1.91. The zero-order valence-corrected chi connectivity index (χ0v) is 11.8. The van der Waals surface area contributed by atoms with Crippen molar-refractivity contribution in [3.05, 3.63) is 48.0 Å². The molecule has 0 radical (unpaired) electrons. The molecule has 1 aliphatic rings. The van der Waals surface area contributed by atoms with Gasteiger partial charge in [0, 0.05) is 12.1 Å². The van der Waals surface area contributed by atoms with Gasteiger partial charge < -0.3 is 9.47 Å². The normalized spacial score (nSPS) is 15.5. The zero-order valence-electron chi connectivity index (χ0n) is 11.0. The highest BCUT2D eigenvalue weighted by Crippen LogP contribution is 2.42. The maximum atomic E-state index is 13.1. The average molecular weight is 349 g/mol. The Bertz CT molecular complexity index is 865. The highest BCUT2D eigenvalue weighted by atomic mass is 32.2. The lowest BCUT2D eigenvalue weighted by atomic mass is 10.3. The van der Waals surface area contributed by atoms with E-state index in [-0.39, 0.29) is 17.2 Å². The molecule has 3 rings (SSSR count). The third-order valence-corrected chi connectivity index (χ3v) is 4.16. The predicted molar refractivity (Wildman–Crippen MR) is 69.8 cm³/mol. The molecule has 2 aromatic rings. The molecule has 0 atom stereocenters. The first-order valence-electron chi connectivity index (χ1n) is 6.03. The Labute approximate surface area is 127 Å². The van der Waals surface area contributed by atoms with Crippen molar-refractivity contribution in [1.82, 2.24) is 0 Å². The summed E-state index contributed by atoms with van der Waals surface area (Å²) in [5.74, 6) is -2.79. The Morgan fingerprint density at radius 2 is 1.52 bits per heavy atom. The van der Waals surface area contributed by atoms with Gasteiger partial charge in [-0.15, -0.1) is 8.78 Å². The number of halogens is 4. The third kappa shape index (κ3) is 3.16. The smallest absolute Gasteiger partial charge is 0.395 e. The van der Waals surface area contributed by atoms with Gasteiger partial charge in [0.2, 0.25) is 0 Å². The number of nitrogens with one attached hydrogen (secondary N) is 1. The number of sulfonamides is 1. The maximum Gasteiger partial charge on any atom is 0.586 e. The Kier molecular flexibility index (Phi) is 3.36. The largest absolute Gasteiger partial charge is 0.586 e. The van der Waals surface area contributed by atoms with E-state index in [4.69, 9.17) is 0 Å². The highest BCUT2D eigenvalue weighted by molar-refractivity contribution is 7.92. The summed E-state index contributed by atoms with van der Waals surface area (Å²) in [5.41, 5.74) is -0.144. The van der Waals surface area contributed by atoms with Crippen molar-refractivity contribution < 1.29 is 35.5 Å². The van der Waals surface area contributed by atoms with Gasteiger partial charge in [0.1, 0.15) is 11.6 Å². The van der Waals surface area contributed by atoms with Gasteiger partial charge in [0.25, 0.3) is 10.0 Å². The fourth-order valence-corrected chi connectivity index (χ4v) is 3.00. The first-order valence-corrected chi connectivity index (χ1v) is 7.52. The minimum absolute atomic E-state index is 0.144. The van der Waals surface area contributed by atoms with E-state index in [0.29, 0.717) is 18.2 Å². The van der Waals surface area contributed by atoms with Gasteiger partial charge in [-0.3, -0.25) is 4.72 Å². The van der Waals surface area contributed by atoms with Crippen LogP contribution < -0.4 is 14.2 Å². The highest BCUT2D eigenvalue weighted by Gasteiger charge is 2.43. The summed E-state index contributed by atoms with van der Waals surface area (Å²) in [7, 11) is -4.32. The van der Waals surface area contributed by atoms with E-state index in [2.05, 4.69) is 9.47 Å². The fraction of sp³-hybridized carbons (Fsp3) is 0.0769. The number of alkyl halides is 2. The van der Waals surface area contributed by atoms with Gasteiger partial charge in [-0.1, -0.05) is 0 Å². The van der Waals surface area contributed by atoms with Crippen molar-refractivity contribution in [1.29, 1.82) is 0 Å². The van der Waals surface area contributed by atoms with Gasteiger partial charge in [0.05, 0.1) is 10.6 Å². The Balaban J connectivity index is 1.90. The number of benzene rings is 2. The molecule has 0 fully saturated rings. The van der Waals surface area contributed by atoms with E-state index in [1.807, 2.05) is 4.72 Å². The molecule has 1 aliphatic heterocycles.